The van der Waals surface area contributed by atoms with Crippen LogP contribution < -0.4 is 15.8 Å². The fourth-order valence-electron chi connectivity index (χ4n) is 5.00. The van der Waals surface area contributed by atoms with Crippen LogP contribution in [0.4, 0.5) is 0 Å². The van der Waals surface area contributed by atoms with Gasteiger partial charge in [0.15, 0.2) is 5.78 Å². The third-order valence-corrected chi connectivity index (χ3v) is 7.87. The van der Waals surface area contributed by atoms with Crippen LogP contribution in [0.1, 0.15) is 56.5 Å². The highest BCUT2D eigenvalue weighted by molar-refractivity contribution is 5.84. The summed E-state index contributed by atoms with van der Waals surface area (Å²) in [6, 6.07) is 26.4. The van der Waals surface area contributed by atoms with Gasteiger partial charge >= 0.3 is 0 Å². The molecule has 4 aromatic rings. The molecule has 1 aromatic heterocycles. The van der Waals surface area contributed by atoms with Gasteiger partial charge in [-0.2, -0.15) is 0 Å². The second-order valence-electron chi connectivity index (χ2n) is 12.4. The molecule has 0 radical (unpaired) electrons. The molecule has 2 heterocycles. The maximum atomic E-state index is 13.2. The Bertz CT molecular complexity index is 1570. The molecule has 9 heteroatoms. The summed E-state index contributed by atoms with van der Waals surface area (Å²) >= 11 is 0. The lowest BCUT2D eigenvalue weighted by atomic mass is 10.0. The van der Waals surface area contributed by atoms with Gasteiger partial charge in [-0.3, -0.25) is 9.59 Å². The maximum absolute atomic E-state index is 13.2. The van der Waals surface area contributed by atoms with E-state index in [0.717, 1.165) is 54.3 Å². The molecule has 0 saturated carbocycles. The molecule has 0 aliphatic carbocycles. The van der Waals surface area contributed by atoms with E-state index in [-0.39, 0.29) is 11.7 Å². The van der Waals surface area contributed by atoms with Crippen LogP contribution in [-0.2, 0) is 20.9 Å². The lowest BCUT2D eigenvalue weighted by molar-refractivity contribution is -0.132. The molecule has 1 amide bonds. The lowest BCUT2D eigenvalue weighted by Crippen LogP contribution is -2.47. The number of ketones is 1. The summed E-state index contributed by atoms with van der Waals surface area (Å²) in [6.45, 7) is 13.4. The summed E-state index contributed by atoms with van der Waals surface area (Å²) in [5.74, 6) is 1.67. The molecular formula is C38H47N5O4. The molecule has 248 valence electrons. The Morgan fingerprint density at radius 3 is 2.11 bits per heavy atom. The Kier molecular flexibility index (Phi) is 12.5. The molecule has 47 heavy (non-hydrogen) atoms. The number of para-hydroxylation sites is 1. The largest absolute Gasteiger partial charge is 0.457 e. The monoisotopic (exact) mass is 637 g/mol. The first kappa shape index (κ1) is 35.1. The summed E-state index contributed by atoms with van der Waals surface area (Å²) in [6.07, 6.45) is 5.81. The first-order chi connectivity index (χ1) is 22.5. The number of benzene rings is 3. The van der Waals surface area contributed by atoms with Gasteiger partial charge in [-0.1, -0.05) is 67.2 Å². The summed E-state index contributed by atoms with van der Waals surface area (Å²) in [4.78, 5) is 31.1. The van der Waals surface area contributed by atoms with Gasteiger partial charge in [0.2, 0.25) is 5.91 Å². The Morgan fingerprint density at radius 1 is 0.957 bits per heavy atom. The van der Waals surface area contributed by atoms with Crippen molar-refractivity contribution in [1.82, 2.24) is 19.8 Å². The van der Waals surface area contributed by atoms with Crippen LogP contribution in [0, 0.1) is 6.92 Å². The zero-order valence-corrected chi connectivity index (χ0v) is 27.9. The molecule has 5 rings (SSSR count). The zero-order valence-electron chi connectivity index (χ0n) is 27.9. The van der Waals surface area contributed by atoms with Crippen LogP contribution in [0.2, 0.25) is 0 Å². The van der Waals surface area contributed by atoms with Gasteiger partial charge in [-0.25, -0.2) is 4.98 Å². The van der Waals surface area contributed by atoms with Gasteiger partial charge in [0, 0.05) is 30.5 Å². The number of nitrogens with two attached hydrogens (primary N) is 1. The van der Waals surface area contributed by atoms with E-state index in [0.29, 0.717) is 18.9 Å². The summed E-state index contributed by atoms with van der Waals surface area (Å²) in [7, 11) is 0. The van der Waals surface area contributed by atoms with E-state index in [1.165, 1.54) is 6.92 Å². The van der Waals surface area contributed by atoms with E-state index >= 15 is 0 Å². The summed E-state index contributed by atoms with van der Waals surface area (Å²) in [5.41, 5.74) is 8.90. The Balaban J connectivity index is 0.000000224. The van der Waals surface area contributed by atoms with Crippen molar-refractivity contribution in [3.05, 3.63) is 127 Å². The first-order valence-electron chi connectivity index (χ1n) is 16.0. The smallest absolute Gasteiger partial charge is 0.250 e. The van der Waals surface area contributed by atoms with Crippen LogP contribution in [-0.4, -0.2) is 57.4 Å². The van der Waals surface area contributed by atoms with E-state index in [1.54, 1.807) is 6.33 Å². The van der Waals surface area contributed by atoms with Gasteiger partial charge in [-0.15, -0.1) is 0 Å². The van der Waals surface area contributed by atoms with Gasteiger partial charge in [0.1, 0.15) is 23.6 Å². The van der Waals surface area contributed by atoms with Gasteiger partial charge in [0.25, 0.3) is 0 Å². The quantitative estimate of drug-likeness (QED) is 0.180. The third kappa shape index (κ3) is 10.7. The predicted octanol–water partition coefficient (Wildman–Crippen LogP) is 6.20. The lowest BCUT2D eigenvalue weighted by Gasteiger charge is -2.27. The molecule has 1 saturated heterocycles. The topological polar surface area (TPSA) is 112 Å². The van der Waals surface area contributed by atoms with Crippen molar-refractivity contribution in [3.8, 4) is 11.5 Å². The standard InChI is InChI=1S/C22H23N3O2.C16H24N2O2/c1-17-15-25(16-23-17)21(22(26)24-13-5-6-14-24)18-9-11-20(12-10-18)27-19-7-3-2-4-8-19;1-12(19)15(18-13(2)16(3,4)17)11-20-10-14-8-6-5-7-9-14/h2-4,7-12,15-16,21H,5-6,13-14H2,1H3;5-9,15,18H,2,10-11,17H2,1,3-4H3. The van der Waals surface area contributed by atoms with E-state index < -0.39 is 17.6 Å². The van der Waals surface area contributed by atoms with Crippen LogP contribution in [0.3, 0.4) is 0 Å². The highest BCUT2D eigenvalue weighted by Gasteiger charge is 2.29. The zero-order chi connectivity index (χ0) is 33.8. The highest BCUT2D eigenvalue weighted by atomic mass is 16.5. The normalized spacial score (nSPS) is 14.0. The van der Waals surface area contributed by atoms with E-state index in [4.69, 9.17) is 15.2 Å². The number of likely N-dealkylation sites (tertiary alicyclic amines) is 1. The first-order valence-corrected chi connectivity index (χ1v) is 16.0. The van der Waals surface area contributed by atoms with Crippen LogP contribution >= 0.6 is 0 Å². The molecule has 9 nitrogen and oxygen atoms in total. The number of carbonyl (C=O) groups excluding carboxylic acids is 2. The number of hydrogen-bond acceptors (Lipinski definition) is 7. The number of imidazole rings is 1. The maximum Gasteiger partial charge on any atom is 0.250 e. The molecule has 1 aliphatic heterocycles. The molecule has 1 aliphatic rings. The number of nitrogens with one attached hydrogen (secondary N) is 1. The highest BCUT2D eigenvalue weighted by Crippen LogP contribution is 2.27. The summed E-state index contributed by atoms with van der Waals surface area (Å²) in [5, 5.41) is 3.05. The molecule has 3 aromatic carbocycles. The molecule has 0 bridgehead atoms. The second-order valence-corrected chi connectivity index (χ2v) is 12.4. The minimum absolute atomic E-state index is 0.00321. The fourth-order valence-corrected chi connectivity index (χ4v) is 5.00. The number of nitrogens with zero attached hydrogens (tertiary/aromatic N) is 3. The summed E-state index contributed by atoms with van der Waals surface area (Å²) < 4.78 is 13.4. The van der Waals surface area contributed by atoms with Crippen molar-refractivity contribution in [2.24, 2.45) is 5.73 Å². The van der Waals surface area contributed by atoms with Gasteiger partial charge in [0.05, 0.1) is 25.2 Å². The Hall–Kier alpha value is -4.73. The Labute approximate surface area is 278 Å². The average Bonchev–Trinajstić information content (AvgIpc) is 3.75. The number of rotatable bonds is 13. The van der Waals surface area contributed by atoms with Gasteiger partial charge < -0.3 is 30.0 Å². The molecular weight excluding hydrogens is 590 g/mol. The number of Topliss-reactive ketones (excluding diaryl/α,β-unsaturated/α-hetero) is 1. The predicted molar refractivity (Wildman–Crippen MR) is 185 cm³/mol. The van der Waals surface area contributed by atoms with E-state index in [9.17, 15) is 9.59 Å². The number of aromatic nitrogens is 2. The van der Waals surface area contributed by atoms with Crippen LogP contribution in [0.15, 0.2) is 110 Å². The van der Waals surface area contributed by atoms with Crippen LogP contribution in [0.5, 0.6) is 11.5 Å². The minimum Gasteiger partial charge on any atom is -0.457 e. The fraction of sp³-hybridized carbons (Fsp3) is 0.342. The van der Waals surface area contributed by atoms with Crippen LogP contribution in [0.25, 0.3) is 0 Å². The number of amides is 1. The Morgan fingerprint density at radius 2 is 1.55 bits per heavy atom. The third-order valence-electron chi connectivity index (χ3n) is 7.87. The number of aryl methyl sites for hydroxylation is 1. The molecule has 3 N–H and O–H groups in total. The van der Waals surface area contributed by atoms with Crippen molar-refractivity contribution in [2.75, 3.05) is 19.7 Å². The van der Waals surface area contributed by atoms with Crippen molar-refractivity contribution < 1.29 is 19.1 Å². The number of hydrogen-bond donors (Lipinski definition) is 2. The molecule has 2 atom stereocenters. The van der Waals surface area contributed by atoms with E-state index in [1.807, 2.05) is 121 Å². The SMILES string of the molecule is C=C(NC(COCc1ccccc1)C(C)=O)C(C)(C)N.Cc1cn(C(C(=O)N2CCCC2)c2ccc(Oc3ccccc3)cc2)cn1. The molecule has 2 unspecified atom stereocenters. The van der Waals surface area contributed by atoms with Crippen molar-refractivity contribution in [1.29, 1.82) is 0 Å². The van der Waals surface area contributed by atoms with Gasteiger partial charge in [-0.05, 0) is 75.9 Å². The van der Waals surface area contributed by atoms with Crippen molar-refractivity contribution >= 4 is 11.7 Å². The number of carbonyl (C=O) groups is 2. The average molecular weight is 638 g/mol. The van der Waals surface area contributed by atoms with Crippen molar-refractivity contribution in [2.45, 2.75) is 64.8 Å². The second kappa shape index (κ2) is 16.7. The minimum atomic E-state index is -0.576. The molecule has 1 fully saturated rings. The van der Waals surface area contributed by atoms with E-state index in [2.05, 4.69) is 16.9 Å². The molecule has 0 spiro atoms. The van der Waals surface area contributed by atoms with Crippen molar-refractivity contribution in [3.63, 3.8) is 0 Å². The number of ether oxygens (including phenoxy) is 2.